The lowest BCUT2D eigenvalue weighted by atomic mass is 9.64. The molecule has 0 aliphatic carbocycles. The smallest absolute Gasteiger partial charge is 0.0972 e. The molecule has 0 saturated carbocycles. The standard InChI is InChI=1S/C76H53N3/c1-3-20-51(24-19-34-73-65-44-41-59(49-68(65)64-31-16-18-33-72(64)77-73)76(57-25-9-5-10-26-57,58-27-11-6-12-28-58)69-32-17-13-21-50(69)2)55-37-42-62-63-43-38-56(48-67(63)61-30-15-14-29-60(61)66(62)47-55)71-46-40-54-36-35-53-39-45-70(52-22-7-4-8-23-52)78-74(53)75(54)79-71/h3-49H,1-2H3/b20-3-,34-19+,51-24+. The van der Waals surface area contributed by atoms with Gasteiger partial charge >= 0.3 is 0 Å². The summed E-state index contributed by atoms with van der Waals surface area (Å²) >= 11 is 0. The van der Waals surface area contributed by atoms with Crippen LogP contribution in [0.2, 0.25) is 0 Å². The van der Waals surface area contributed by atoms with E-state index in [1.54, 1.807) is 0 Å². The Hall–Kier alpha value is -10.1. The SMILES string of the molecule is C\C=C/C(=C\C=C\c1nc2ccccc2c2cc(C(c3ccccc3)(c3ccccc3)c3ccccc3C)ccc12)c1ccc2c3ccc(-c4ccc5ccc6ccc(-c7ccccc7)nc6c5n4)cc3c3ccccc3c2c1. The molecule has 0 radical (unpaired) electrons. The molecule has 0 fully saturated rings. The second-order valence-corrected chi connectivity index (χ2v) is 20.6. The first-order valence-electron chi connectivity index (χ1n) is 27.2. The molecule has 0 aliphatic rings. The minimum atomic E-state index is -0.578. The summed E-state index contributed by atoms with van der Waals surface area (Å²) in [6.07, 6.45) is 10.9. The fourth-order valence-electron chi connectivity index (χ4n) is 12.3. The first-order chi connectivity index (χ1) is 39.0. The van der Waals surface area contributed by atoms with Crippen LogP contribution >= 0.6 is 0 Å². The molecule has 0 amide bonds. The van der Waals surface area contributed by atoms with Crippen LogP contribution in [0.1, 0.15) is 46.0 Å². The van der Waals surface area contributed by atoms with Crippen LogP contribution < -0.4 is 0 Å². The molecule has 0 unspecified atom stereocenters. The summed E-state index contributed by atoms with van der Waals surface area (Å²) < 4.78 is 0. The van der Waals surface area contributed by atoms with Gasteiger partial charge in [-0.25, -0.2) is 15.0 Å². The van der Waals surface area contributed by atoms with Crippen LogP contribution in [0.25, 0.3) is 110 Å². The van der Waals surface area contributed by atoms with E-state index in [9.17, 15) is 0 Å². The lowest BCUT2D eigenvalue weighted by Gasteiger charge is -2.38. The molecule has 3 heteroatoms. The van der Waals surface area contributed by atoms with Gasteiger partial charge in [0.05, 0.1) is 39.0 Å². The van der Waals surface area contributed by atoms with Crippen molar-refractivity contribution in [1.82, 2.24) is 15.0 Å². The summed E-state index contributed by atoms with van der Waals surface area (Å²) in [5, 5.41) is 12.8. The Balaban J connectivity index is 0.857. The van der Waals surface area contributed by atoms with Gasteiger partial charge in [0.25, 0.3) is 0 Å². The Morgan fingerprint density at radius 1 is 0.392 bits per heavy atom. The molecule has 0 saturated heterocycles. The van der Waals surface area contributed by atoms with Crippen LogP contribution in [0.4, 0.5) is 0 Å². The number of nitrogens with zero attached hydrogens (tertiary/aromatic N) is 3. The summed E-state index contributed by atoms with van der Waals surface area (Å²) in [7, 11) is 0. The van der Waals surface area contributed by atoms with Gasteiger partial charge < -0.3 is 0 Å². The zero-order valence-electron chi connectivity index (χ0n) is 44.0. The van der Waals surface area contributed by atoms with Crippen molar-refractivity contribution >= 4 is 87.4 Å². The zero-order chi connectivity index (χ0) is 52.9. The van der Waals surface area contributed by atoms with Crippen molar-refractivity contribution in [2.24, 2.45) is 0 Å². The molecule has 0 atom stereocenters. The molecule has 3 heterocycles. The van der Waals surface area contributed by atoms with Crippen molar-refractivity contribution in [3.63, 3.8) is 0 Å². The van der Waals surface area contributed by atoms with E-state index in [-0.39, 0.29) is 0 Å². The number of allylic oxidation sites excluding steroid dienone is 5. The largest absolute Gasteiger partial charge is 0.248 e. The van der Waals surface area contributed by atoms with Crippen molar-refractivity contribution in [2.45, 2.75) is 19.3 Å². The summed E-state index contributed by atoms with van der Waals surface area (Å²) in [5.74, 6) is 0. The van der Waals surface area contributed by atoms with E-state index in [1.165, 1.54) is 65.5 Å². The molecule has 14 rings (SSSR count). The molecule has 79 heavy (non-hydrogen) atoms. The second-order valence-electron chi connectivity index (χ2n) is 20.6. The Kier molecular flexibility index (Phi) is 11.9. The number of pyridine rings is 3. The molecule has 372 valence electrons. The average Bonchev–Trinajstić information content (AvgIpc) is 3.70. The van der Waals surface area contributed by atoms with E-state index >= 15 is 0 Å². The minimum absolute atomic E-state index is 0.578. The predicted molar refractivity (Wildman–Crippen MR) is 335 cm³/mol. The van der Waals surface area contributed by atoms with Gasteiger partial charge in [-0.2, -0.15) is 0 Å². The molecule has 14 aromatic rings. The van der Waals surface area contributed by atoms with Crippen molar-refractivity contribution in [2.75, 3.05) is 0 Å². The van der Waals surface area contributed by atoms with E-state index in [4.69, 9.17) is 15.0 Å². The maximum atomic E-state index is 5.34. The van der Waals surface area contributed by atoms with Gasteiger partial charge in [0.1, 0.15) is 0 Å². The van der Waals surface area contributed by atoms with Crippen molar-refractivity contribution in [3.8, 4) is 22.5 Å². The molecule has 0 aliphatic heterocycles. The van der Waals surface area contributed by atoms with E-state index in [2.05, 4.69) is 293 Å². The third-order valence-electron chi connectivity index (χ3n) is 16.1. The van der Waals surface area contributed by atoms with Crippen molar-refractivity contribution < 1.29 is 0 Å². The number of hydrogen-bond donors (Lipinski definition) is 0. The highest BCUT2D eigenvalue weighted by atomic mass is 14.8. The first-order valence-corrected chi connectivity index (χ1v) is 27.2. The maximum absolute atomic E-state index is 5.34. The van der Waals surface area contributed by atoms with Gasteiger partial charge in [0.15, 0.2) is 0 Å². The van der Waals surface area contributed by atoms with Gasteiger partial charge in [-0.3, -0.25) is 0 Å². The third-order valence-corrected chi connectivity index (χ3v) is 16.1. The Morgan fingerprint density at radius 2 is 0.924 bits per heavy atom. The summed E-state index contributed by atoms with van der Waals surface area (Å²) in [6.45, 7) is 4.32. The van der Waals surface area contributed by atoms with E-state index in [0.29, 0.717) is 0 Å². The number of rotatable bonds is 10. The number of hydrogen-bond acceptors (Lipinski definition) is 3. The summed E-state index contributed by atoms with van der Waals surface area (Å²) in [4.78, 5) is 15.8. The van der Waals surface area contributed by atoms with Crippen LogP contribution in [0.3, 0.4) is 0 Å². The molecule has 0 N–H and O–H groups in total. The van der Waals surface area contributed by atoms with Gasteiger partial charge in [-0.15, -0.1) is 0 Å². The topological polar surface area (TPSA) is 38.7 Å². The number of benzene rings is 11. The molecular weight excluding hydrogens is 955 g/mol. The fraction of sp³-hybridized carbons (Fsp3) is 0.0395. The van der Waals surface area contributed by atoms with Crippen LogP contribution in [-0.2, 0) is 5.41 Å². The average molecular weight is 1010 g/mol. The number of aromatic nitrogens is 3. The number of aryl methyl sites for hydroxylation is 1. The van der Waals surface area contributed by atoms with Gasteiger partial charge in [0.2, 0.25) is 0 Å². The maximum Gasteiger partial charge on any atom is 0.0972 e. The lowest BCUT2D eigenvalue weighted by molar-refractivity contribution is 0.740. The molecular formula is C76H53N3. The Bertz CT molecular complexity index is 4720. The van der Waals surface area contributed by atoms with Crippen molar-refractivity contribution in [1.29, 1.82) is 0 Å². The normalized spacial score (nSPS) is 12.4. The summed E-state index contributed by atoms with van der Waals surface area (Å²) in [6, 6.07) is 92.2. The molecule has 0 bridgehead atoms. The fourth-order valence-corrected chi connectivity index (χ4v) is 12.3. The van der Waals surface area contributed by atoms with E-state index in [1.807, 2.05) is 6.07 Å². The third kappa shape index (κ3) is 8.18. The zero-order valence-corrected chi connectivity index (χ0v) is 44.0. The monoisotopic (exact) mass is 1010 g/mol. The molecule has 11 aromatic carbocycles. The van der Waals surface area contributed by atoms with Crippen LogP contribution in [0.5, 0.6) is 0 Å². The first kappa shape index (κ1) is 47.4. The number of para-hydroxylation sites is 1. The molecule has 3 nitrogen and oxygen atoms in total. The predicted octanol–water partition coefficient (Wildman–Crippen LogP) is 19.6. The minimum Gasteiger partial charge on any atom is -0.248 e. The second kappa shape index (κ2) is 19.8. The molecule has 3 aromatic heterocycles. The quantitative estimate of drug-likeness (QED) is 0.0778. The molecule has 0 spiro atoms. The number of fused-ring (bicyclic) bond motifs is 12. The lowest BCUT2D eigenvalue weighted by Crippen LogP contribution is -2.31. The Labute approximate surface area is 459 Å². The van der Waals surface area contributed by atoms with Crippen LogP contribution in [0.15, 0.2) is 279 Å². The highest BCUT2D eigenvalue weighted by molar-refractivity contribution is 6.26. The van der Waals surface area contributed by atoms with Crippen molar-refractivity contribution in [3.05, 3.63) is 318 Å². The van der Waals surface area contributed by atoms with Crippen LogP contribution in [-0.4, -0.2) is 15.0 Å². The van der Waals surface area contributed by atoms with Gasteiger partial charge in [-0.1, -0.05) is 243 Å². The van der Waals surface area contributed by atoms with Gasteiger partial charge in [-0.05, 0) is 133 Å². The summed E-state index contributed by atoms with van der Waals surface area (Å²) in [5.41, 5.74) is 15.5. The Morgan fingerprint density at radius 3 is 1.59 bits per heavy atom. The highest BCUT2D eigenvalue weighted by Crippen LogP contribution is 2.48. The van der Waals surface area contributed by atoms with Crippen LogP contribution in [0, 0.1) is 6.92 Å². The van der Waals surface area contributed by atoms with Gasteiger partial charge in [0, 0.05) is 32.7 Å². The van der Waals surface area contributed by atoms with E-state index in [0.717, 1.165) is 77.4 Å². The van der Waals surface area contributed by atoms with E-state index < -0.39 is 5.41 Å². The highest BCUT2D eigenvalue weighted by Gasteiger charge is 2.39.